The molecule has 2 amide bonds. The number of nitrogens with zero attached hydrogens (tertiary/aromatic N) is 3. The van der Waals surface area contributed by atoms with E-state index in [0.29, 0.717) is 21.3 Å². The Hall–Kier alpha value is -3.69. The van der Waals surface area contributed by atoms with Gasteiger partial charge in [-0.25, -0.2) is 0 Å². The lowest BCUT2D eigenvalue weighted by Gasteiger charge is -2.13. The molecule has 1 unspecified atom stereocenters. The number of hydrogen-bond donors (Lipinski definition) is 2. The number of pyridine rings is 1. The summed E-state index contributed by atoms with van der Waals surface area (Å²) in [5, 5.41) is 15.2. The van der Waals surface area contributed by atoms with E-state index in [1.165, 1.54) is 23.1 Å². The number of thiophene rings is 1. The van der Waals surface area contributed by atoms with E-state index in [2.05, 4.69) is 41.5 Å². The van der Waals surface area contributed by atoms with Gasteiger partial charge in [0.1, 0.15) is 5.00 Å². The van der Waals surface area contributed by atoms with Crippen LogP contribution in [0.2, 0.25) is 0 Å². The van der Waals surface area contributed by atoms with Crippen LogP contribution in [0.25, 0.3) is 27.7 Å². The first kappa shape index (κ1) is 24.0. The molecular weight excluding hydrogens is 490 g/mol. The molecule has 1 atom stereocenters. The van der Waals surface area contributed by atoms with Gasteiger partial charge in [0.15, 0.2) is 10.8 Å². The van der Waals surface area contributed by atoms with Gasteiger partial charge in [-0.1, -0.05) is 59.8 Å². The van der Waals surface area contributed by atoms with E-state index in [1.54, 1.807) is 0 Å². The topological polar surface area (TPSA) is 102 Å². The summed E-state index contributed by atoms with van der Waals surface area (Å²) in [6.45, 7) is 7.92. The average molecular weight is 516 g/mol. The van der Waals surface area contributed by atoms with Crippen LogP contribution in [0.15, 0.2) is 59.1 Å². The second-order valence-corrected chi connectivity index (χ2v) is 11.0. The molecule has 0 aliphatic rings. The Labute approximate surface area is 216 Å². The van der Waals surface area contributed by atoms with Gasteiger partial charge in [-0.3, -0.25) is 14.0 Å². The number of benzene rings is 2. The third kappa shape index (κ3) is 4.25. The molecule has 2 aromatic carbocycles. The number of hydrogen-bond acceptors (Lipinski definition) is 6. The number of carbonyl (C=O) groups excluding carboxylic acids is 2. The molecular formula is C27H25N5O2S2. The van der Waals surface area contributed by atoms with Crippen LogP contribution < -0.4 is 11.1 Å². The van der Waals surface area contributed by atoms with Gasteiger partial charge in [0, 0.05) is 16.3 Å². The van der Waals surface area contributed by atoms with Gasteiger partial charge in [-0.05, 0) is 50.5 Å². The molecule has 3 heterocycles. The number of nitrogens with two attached hydrogens (primary N) is 1. The van der Waals surface area contributed by atoms with E-state index >= 15 is 0 Å². The van der Waals surface area contributed by atoms with Crippen molar-refractivity contribution >= 4 is 56.5 Å². The molecule has 0 bridgehead atoms. The van der Waals surface area contributed by atoms with E-state index in [9.17, 15) is 9.59 Å². The lowest BCUT2D eigenvalue weighted by molar-refractivity contribution is -0.115. The molecule has 9 heteroatoms. The summed E-state index contributed by atoms with van der Waals surface area (Å²) in [6.07, 6.45) is 0. The quantitative estimate of drug-likeness (QED) is 0.280. The third-order valence-electron chi connectivity index (χ3n) is 6.18. The van der Waals surface area contributed by atoms with E-state index in [-0.39, 0.29) is 5.91 Å². The summed E-state index contributed by atoms with van der Waals surface area (Å²) in [5.74, 6) is -0.826. The zero-order chi connectivity index (χ0) is 25.6. The van der Waals surface area contributed by atoms with Crippen molar-refractivity contribution in [2.45, 2.75) is 38.1 Å². The largest absolute Gasteiger partial charge is 0.365 e. The number of fused-ring (bicyclic) bond motifs is 3. The van der Waals surface area contributed by atoms with Crippen molar-refractivity contribution in [3.05, 3.63) is 76.2 Å². The molecule has 0 spiro atoms. The molecule has 3 aromatic heterocycles. The molecule has 0 aliphatic carbocycles. The van der Waals surface area contributed by atoms with Crippen LogP contribution in [-0.4, -0.2) is 31.7 Å². The Balaban J connectivity index is 1.44. The number of anilines is 1. The lowest BCUT2D eigenvalue weighted by atomic mass is 10.0. The van der Waals surface area contributed by atoms with Crippen molar-refractivity contribution in [1.29, 1.82) is 0 Å². The summed E-state index contributed by atoms with van der Waals surface area (Å²) in [6, 6.07) is 16.0. The maximum absolute atomic E-state index is 13.2. The molecule has 0 radical (unpaired) electrons. The van der Waals surface area contributed by atoms with Crippen molar-refractivity contribution in [3.8, 4) is 11.1 Å². The summed E-state index contributed by atoms with van der Waals surface area (Å²) in [5.41, 5.74) is 12.7. The normalized spacial score (nSPS) is 12.2. The first-order chi connectivity index (χ1) is 17.2. The van der Waals surface area contributed by atoms with Crippen molar-refractivity contribution in [2.24, 2.45) is 5.73 Å². The van der Waals surface area contributed by atoms with Gasteiger partial charge >= 0.3 is 0 Å². The van der Waals surface area contributed by atoms with E-state index < -0.39 is 11.2 Å². The van der Waals surface area contributed by atoms with Crippen LogP contribution in [0.3, 0.4) is 0 Å². The van der Waals surface area contributed by atoms with Crippen LogP contribution in [0.5, 0.6) is 0 Å². The van der Waals surface area contributed by atoms with Crippen LogP contribution in [-0.2, 0) is 4.79 Å². The first-order valence-electron chi connectivity index (χ1n) is 11.4. The highest BCUT2D eigenvalue weighted by atomic mass is 32.2. The number of para-hydroxylation sites is 1. The molecule has 5 aromatic rings. The number of aromatic nitrogens is 3. The lowest BCUT2D eigenvalue weighted by Crippen LogP contribution is -2.24. The maximum Gasteiger partial charge on any atom is 0.252 e. The number of primary amides is 1. The van der Waals surface area contributed by atoms with E-state index in [1.807, 2.05) is 60.0 Å². The molecule has 7 nitrogen and oxygen atoms in total. The van der Waals surface area contributed by atoms with Crippen molar-refractivity contribution in [1.82, 2.24) is 14.6 Å². The molecule has 182 valence electrons. The van der Waals surface area contributed by atoms with E-state index in [4.69, 9.17) is 5.73 Å². The molecule has 36 heavy (non-hydrogen) atoms. The van der Waals surface area contributed by atoms with Gasteiger partial charge in [-0.15, -0.1) is 21.5 Å². The molecule has 0 fully saturated rings. The summed E-state index contributed by atoms with van der Waals surface area (Å²) >= 11 is 2.61. The average Bonchev–Trinajstić information content (AvgIpc) is 3.44. The number of amides is 2. The zero-order valence-corrected chi connectivity index (χ0v) is 22.0. The van der Waals surface area contributed by atoms with Gasteiger partial charge in [-0.2, -0.15) is 0 Å². The highest BCUT2D eigenvalue weighted by molar-refractivity contribution is 8.00. The van der Waals surface area contributed by atoms with Crippen LogP contribution >= 0.6 is 23.1 Å². The number of thioether (sulfide) groups is 1. The van der Waals surface area contributed by atoms with E-state index in [0.717, 1.165) is 38.8 Å². The second kappa shape index (κ2) is 9.40. The Morgan fingerprint density at radius 3 is 2.53 bits per heavy atom. The summed E-state index contributed by atoms with van der Waals surface area (Å²) < 4.78 is 2.00. The van der Waals surface area contributed by atoms with Crippen molar-refractivity contribution in [3.63, 3.8) is 0 Å². The minimum atomic E-state index is -0.580. The first-order valence-corrected chi connectivity index (χ1v) is 13.2. The second-order valence-electron chi connectivity index (χ2n) is 8.81. The highest BCUT2D eigenvalue weighted by Crippen LogP contribution is 2.36. The molecule has 0 aliphatic heterocycles. The minimum absolute atomic E-state index is 0.246. The van der Waals surface area contributed by atoms with Gasteiger partial charge in [0.05, 0.1) is 16.3 Å². The van der Waals surface area contributed by atoms with Crippen LogP contribution in [0, 0.1) is 20.8 Å². The third-order valence-corrected chi connectivity index (χ3v) is 8.12. The monoisotopic (exact) mass is 515 g/mol. The summed E-state index contributed by atoms with van der Waals surface area (Å²) in [4.78, 5) is 25.5. The number of carbonyl (C=O) groups is 2. The minimum Gasteiger partial charge on any atom is -0.365 e. The van der Waals surface area contributed by atoms with Crippen molar-refractivity contribution in [2.75, 3.05) is 5.32 Å². The maximum atomic E-state index is 13.2. The number of aryl methyl sites for hydroxylation is 3. The smallest absolute Gasteiger partial charge is 0.252 e. The standard InChI is InChI=1S/C27H25N5O2S2/c1-14-8-10-18(11-9-14)20-13-35-26(22(20)24(28)33)29-25(34)17(4)36-27-31-30-21-12-16(3)19-7-5-6-15(2)23(19)32(21)27/h5-13,17H,1-4H3,(H2,28,33)(H,29,34). The fourth-order valence-electron chi connectivity index (χ4n) is 4.27. The number of nitrogens with one attached hydrogen (secondary N) is 1. The van der Waals surface area contributed by atoms with Gasteiger partial charge < -0.3 is 11.1 Å². The Morgan fingerprint density at radius 2 is 1.81 bits per heavy atom. The number of rotatable bonds is 6. The van der Waals surface area contributed by atoms with Crippen LogP contribution in [0.1, 0.15) is 34.0 Å². The van der Waals surface area contributed by atoms with Crippen molar-refractivity contribution < 1.29 is 9.59 Å². The predicted octanol–water partition coefficient (Wildman–Crippen LogP) is 5.75. The van der Waals surface area contributed by atoms with Gasteiger partial charge in [0.2, 0.25) is 5.91 Å². The van der Waals surface area contributed by atoms with Crippen LogP contribution in [0.4, 0.5) is 5.00 Å². The molecule has 0 saturated carbocycles. The predicted molar refractivity (Wildman–Crippen MR) is 147 cm³/mol. The summed E-state index contributed by atoms with van der Waals surface area (Å²) in [7, 11) is 0. The Bertz CT molecular complexity index is 1640. The molecule has 5 rings (SSSR count). The zero-order valence-electron chi connectivity index (χ0n) is 20.3. The SMILES string of the molecule is Cc1ccc(-c2csc(NC(=O)C(C)Sc3nnc4cc(C)c5cccc(C)c5n34)c2C(N)=O)cc1. The molecule has 0 saturated heterocycles. The molecule has 3 N–H and O–H groups in total. The fourth-order valence-corrected chi connectivity index (χ4v) is 6.11. The Morgan fingerprint density at radius 1 is 1.06 bits per heavy atom. The Kier molecular flexibility index (Phi) is 6.27. The highest BCUT2D eigenvalue weighted by Gasteiger charge is 2.24. The fraction of sp³-hybridized carbons (Fsp3) is 0.185. The van der Waals surface area contributed by atoms with Gasteiger partial charge in [0.25, 0.3) is 5.91 Å².